The van der Waals surface area contributed by atoms with Gasteiger partial charge in [-0.25, -0.2) is 4.68 Å². The Labute approximate surface area is 191 Å². The van der Waals surface area contributed by atoms with Gasteiger partial charge in [-0.3, -0.25) is 24.3 Å². The van der Waals surface area contributed by atoms with Crippen molar-refractivity contribution in [3.63, 3.8) is 0 Å². The van der Waals surface area contributed by atoms with Crippen LogP contribution in [0.2, 0.25) is 0 Å². The minimum atomic E-state index is -0.350. The fourth-order valence-corrected chi connectivity index (χ4v) is 4.22. The Morgan fingerprint density at radius 2 is 1.33 bits per heavy atom. The monoisotopic (exact) mass is 448 g/mol. The highest BCUT2D eigenvalue weighted by Crippen LogP contribution is 2.10. The van der Waals surface area contributed by atoms with Gasteiger partial charge in [-0.15, -0.1) is 0 Å². The lowest BCUT2D eigenvalue weighted by Crippen LogP contribution is -2.50. The molecule has 3 aromatic rings. The number of aryl methyl sites for hydroxylation is 2. The first-order valence-electron chi connectivity index (χ1n) is 11.3. The minimum Gasteiger partial charge on any atom is -0.339 e. The number of amides is 2. The average Bonchev–Trinajstić information content (AvgIpc) is 2.86. The van der Waals surface area contributed by atoms with Crippen molar-refractivity contribution in [3.05, 3.63) is 80.9 Å². The number of aromatic amines is 1. The maximum Gasteiger partial charge on any atom is 0.273 e. The number of hydrogen-bond acceptors (Lipinski definition) is 4. The number of nitrogens with zero attached hydrogens (tertiary/aromatic N) is 3. The van der Waals surface area contributed by atoms with Crippen LogP contribution in [0.1, 0.15) is 24.8 Å². The molecule has 2 aromatic carbocycles. The van der Waals surface area contributed by atoms with E-state index >= 15 is 0 Å². The van der Waals surface area contributed by atoms with Crippen molar-refractivity contribution in [2.45, 2.75) is 32.2 Å². The first-order chi connectivity index (χ1) is 16.0. The summed E-state index contributed by atoms with van der Waals surface area (Å²) in [6.45, 7) is 2.10. The summed E-state index contributed by atoms with van der Waals surface area (Å²) in [6.07, 6.45) is 2.29. The molecule has 1 aromatic heterocycles. The van der Waals surface area contributed by atoms with Crippen LogP contribution in [0.5, 0.6) is 0 Å². The molecule has 0 radical (unpaired) electrons. The van der Waals surface area contributed by atoms with Crippen LogP contribution in [-0.4, -0.2) is 57.6 Å². The molecule has 0 saturated carbocycles. The quantitative estimate of drug-likeness (QED) is 0.596. The summed E-state index contributed by atoms with van der Waals surface area (Å²) in [4.78, 5) is 53.5. The lowest BCUT2D eigenvalue weighted by atomic mass is 10.1. The van der Waals surface area contributed by atoms with Crippen LogP contribution < -0.4 is 11.1 Å². The second kappa shape index (κ2) is 10.3. The molecule has 0 spiro atoms. The smallest absolute Gasteiger partial charge is 0.273 e. The number of fused-ring (bicyclic) bond motifs is 1. The van der Waals surface area contributed by atoms with E-state index in [1.165, 1.54) is 10.2 Å². The fraction of sp³-hybridized carbons (Fsp3) is 0.360. The number of hydrogen-bond donors (Lipinski definition) is 1. The third-order valence-electron chi connectivity index (χ3n) is 6.12. The molecule has 0 atom stereocenters. The van der Waals surface area contributed by atoms with Crippen molar-refractivity contribution in [3.8, 4) is 0 Å². The number of rotatable bonds is 7. The maximum absolute atomic E-state index is 12.7. The normalized spacial score (nSPS) is 13.9. The van der Waals surface area contributed by atoms with E-state index in [1.807, 2.05) is 23.1 Å². The topological polar surface area (TPSA) is 95.5 Å². The van der Waals surface area contributed by atoms with Gasteiger partial charge in [0.1, 0.15) is 0 Å². The molecular formula is C25H28N4O4. The van der Waals surface area contributed by atoms with Gasteiger partial charge in [0.05, 0.1) is 17.3 Å². The van der Waals surface area contributed by atoms with Gasteiger partial charge in [-0.1, -0.05) is 42.5 Å². The van der Waals surface area contributed by atoms with Crippen LogP contribution in [0.4, 0.5) is 0 Å². The summed E-state index contributed by atoms with van der Waals surface area (Å²) in [6, 6.07) is 16.7. The number of carbonyl (C=O) groups is 2. The molecule has 4 rings (SSSR count). The van der Waals surface area contributed by atoms with Crippen LogP contribution in [-0.2, 0) is 22.6 Å². The zero-order valence-electron chi connectivity index (χ0n) is 18.5. The molecule has 8 heteroatoms. The van der Waals surface area contributed by atoms with E-state index in [4.69, 9.17) is 0 Å². The fourth-order valence-electron chi connectivity index (χ4n) is 4.22. The Kier molecular flexibility index (Phi) is 7.02. The van der Waals surface area contributed by atoms with Gasteiger partial charge >= 0.3 is 0 Å². The Balaban J connectivity index is 1.25. The largest absolute Gasteiger partial charge is 0.339 e. The minimum absolute atomic E-state index is 0.0907. The molecule has 2 amide bonds. The molecule has 8 nitrogen and oxygen atoms in total. The van der Waals surface area contributed by atoms with E-state index in [-0.39, 0.29) is 35.9 Å². The molecule has 0 unspecified atom stereocenters. The Morgan fingerprint density at radius 1 is 0.758 bits per heavy atom. The Morgan fingerprint density at radius 3 is 2.00 bits per heavy atom. The molecule has 1 N–H and O–H groups in total. The maximum atomic E-state index is 12.7. The molecule has 1 saturated heterocycles. The van der Waals surface area contributed by atoms with Crippen molar-refractivity contribution in [1.82, 2.24) is 19.6 Å². The number of piperazine rings is 1. The second-order valence-electron chi connectivity index (χ2n) is 8.29. The van der Waals surface area contributed by atoms with Gasteiger partial charge in [0.2, 0.25) is 11.8 Å². The van der Waals surface area contributed by atoms with E-state index < -0.39 is 0 Å². The van der Waals surface area contributed by atoms with E-state index in [2.05, 4.69) is 17.2 Å². The summed E-state index contributed by atoms with van der Waals surface area (Å²) in [5, 5.41) is 3.24. The van der Waals surface area contributed by atoms with Crippen molar-refractivity contribution in [1.29, 1.82) is 0 Å². The third-order valence-corrected chi connectivity index (χ3v) is 6.12. The first-order valence-corrected chi connectivity index (χ1v) is 11.3. The molecule has 0 bridgehead atoms. The van der Waals surface area contributed by atoms with Crippen LogP contribution in [0.15, 0.2) is 64.2 Å². The number of carbonyl (C=O) groups excluding carboxylic acids is 2. The van der Waals surface area contributed by atoms with Crippen molar-refractivity contribution in [2.75, 3.05) is 26.2 Å². The molecule has 2 heterocycles. The highest BCUT2D eigenvalue weighted by atomic mass is 16.2. The van der Waals surface area contributed by atoms with Crippen molar-refractivity contribution >= 4 is 22.6 Å². The molecule has 1 aliphatic heterocycles. The summed E-state index contributed by atoms with van der Waals surface area (Å²) >= 11 is 0. The number of benzene rings is 2. The van der Waals surface area contributed by atoms with Crippen LogP contribution in [0.25, 0.3) is 10.8 Å². The van der Waals surface area contributed by atoms with Crippen molar-refractivity contribution < 1.29 is 9.59 Å². The number of H-pyrrole nitrogens is 1. The van der Waals surface area contributed by atoms with Crippen LogP contribution in [0, 0.1) is 0 Å². The third kappa shape index (κ3) is 5.39. The Hall–Kier alpha value is -3.68. The molecule has 1 aliphatic rings. The molecule has 1 fully saturated rings. The number of aromatic nitrogens is 2. The predicted molar refractivity (Wildman–Crippen MR) is 126 cm³/mol. The van der Waals surface area contributed by atoms with E-state index in [9.17, 15) is 19.2 Å². The standard InChI is InChI=1S/C25H28N4O4/c30-22(12-6-9-19-7-2-1-3-8-19)27-15-17-28(18-16-27)23(31)13-14-29-25(33)21-11-5-4-10-20(21)24(32)26-29/h1-5,7-8,10-11H,6,9,12-18H2,(H,26,32). The average molecular weight is 449 g/mol. The molecule has 33 heavy (non-hydrogen) atoms. The number of nitrogens with one attached hydrogen (secondary N) is 1. The first kappa shape index (κ1) is 22.5. The molecule has 172 valence electrons. The van der Waals surface area contributed by atoms with E-state index in [1.54, 1.807) is 29.2 Å². The van der Waals surface area contributed by atoms with E-state index in [0.717, 1.165) is 12.8 Å². The summed E-state index contributed by atoms with van der Waals surface area (Å²) in [7, 11) is 0. The molecule has 0 aliphatic carbocycles. The zero-order chi connectivity index (χ0) is 23.2. The van der Waals surface area contributed by atoms with Crippen LogP contribution in [0.3, 0.4) is 0 Å². The Bertz CT molecular complexity index is 1240. The highest BCUT2D eigenvalue weighted by Gasteiger charge is 2.23. The van der Waals surface area contributed by atoms with Gasteiger partial charge in [0.15, 0.2) is 0 Å². The van der Waals surface area contributed by atoms with Gasteiger partial charge in [-0.2, -0.15) is 0 Å². The van der Waals surface area contributed by atoms with Crippen molar-refractivity contribution in [2.24, 2.45) is 0 Å². The summed E-state index contributed by atoms with van der Waals surface area (Å²) in [5.41, 5.74) is 0.563. The predicted octanol–water partition coefficient (Wildman–Crippen LogP) is 1.77. The van der Waals surface area contributed by atoms with E-state index in [0.29, 0.717) is 43.4 Å². The lowest BCUT2D eigenvalue weighted by molar-refractivity contribution is -0.139. The van der Waals surface area contributed by atoms with Gasteiger partial charge in [0, 0.05) is 39.0 Å². The lowest BCUT2D eigenvalue weighted by Gasteiger charge is -2.35. The van der Waals surface area contributed by atoms with Gasteiger partial charge in [0.25, 0.3) is 11.1 Å². The second-order valence-corrected chi connectivity index (χ2v) is 8.29. The SMILES string of the molecule is O=C(CCCc1ccccc1)N1CCN(C(=O)CCn2[nH]c(=O)c3ccccc3c2=O)CC1. The van der Waals surface area contributed by atoms with Crippen LogP contribution >= 0.6 is 0 Å². The summed E-state index contributed by atoms with van der Waals surface area (Å²) in [5.74, 6) is 0.0328. The van der Waals surface area contributed by atoms with Gasteiger partial charge in [-0.05, 0) is 30.5 Å². The summed E-state index contributed by atoms with van der Waals surface area (Å²) < 4.78 is 1.20. The highest BCUT2D eigenvalue weighted by molar-refractivity contribution is 5.80. The van der Waals surface area contributed by atoms with Gasteiger partial charge < -0.3 is 9.80 Å². The zero-order valence-corrected chi connectivity index (χ0v) is 18.5. The molecular weight excluding hydrogens is 420 g/mol.